The summed E-state index contributed by atoms with van der Waals surface area (Å²) in [4.78, 5) is 25.2. The van der Waals surface area contributed by atoms with Crippen LogP contribution in [0.1, 0.15) is 21.5 Å². The molecule has 0 bridgehead atoms. The molecule has 6 heteroatoms. The normalized spacial score (nSPS) is 10.8. The molecular weight excluding hydrogens is 254 g/mol. The average molecular weight is 269 g/mol. The zero-order valence-corrected chi connectivity index (χ0v) is 10.8. The smallest absolute Gasteiger partial charge is 0.328 e. The molecule has 1 aromatic heterocycles. The number of hydrogen-bond donors (Lipinski definition) is 2. The van der Waals surface area contributed by atoms with Crippen LogP contribution in [0.4, 0.5) is 0 Å². The van der Waals surface area contributed by atoms with Gasteiger partial charge in [0.05, 0.1) is 11.5 Å². The summed E-state index contributed by atoms with van der Waals surface area (Å²) in [6.45, 7) is 2.59. The second-order valence-corrected chi connectivity index (χ2v) is 4.60. The zero-order chi connectivity index (χ0) is 13.5. The molecular formula is C12H15NO4S. The maximum atomic E-state index is 12.0. The molecule has 2 N–H and O–H groups in total. The van der Waals surface area contributed by atoms with Crippen molar-refractivity contribution in [1.29, 1.82) is 0 Å². The first-order valence-corrected chi connectivity index (χ1v) is 6.31. The third-order valence-electron chi connectivity index (χ3n) is 2.27. The third kappa shape index (κ3) is 3.97. The van der Waals surface area contributed by atoms with Crippen LogP contribution in [0.15, 0.2) is 18.2 Å². The summed E-state index contributed by atoms with van der Waals surface area (Å²) in [5.41, 5.74) is 0. The molecule has 0 spiro atoms. The summed E-state index contributed by atoms with van der Waals surface area (Å²) in [5, 5.41) is 17.3. The van der Waals surface area contributed by atoms with E-state index in [-0.39, 0.29) is 12.5 Å². The molecule has 0 aliphatic carbocycles. The number of likely N-dealkylation sites (N-methyl/N-ethyl adjacent to an activating group) is 1. The number of rotatable bonds is 6. The first kappa shape index (κ1) is 14.4. The van der Waals surface area contributed by atoms with Gasteiger partial charge in [0, 0.05) is 24.0 Å². The molecule has 0 saturated heterocycles. The van der Waals surface area contributed by atoms with Crippen molar-refractivity contribution in [2.24, 2.45) is 0 Å². The second-order valence-electron chi connectivity index (χ2n) is 3.48. The Morgan fingerprint density at radius 3 is 2.72 bits per heavy atom. The van der Waals surface area contributed by atoms with Crippen molar-refractivity contribution in [3.05, 3.63) is 28.0 Å². The van der Waals surface area contributed by atoms with Gasteiger partial charge < -0.3 is 15.1 Å². The van der Waals surface area contributed by atoms with Crippen LogP contribution >= 0.6 is 11.3 Å². The van der Waals surface area contributed by atoms with Crippen molar-refractivity contribution in [2.75, 3.05) is 19.7 Å². The quantitative estimate of drug-likeness (QED) is 0.763. The van der Waals surface area contributed by atoms with Crippen LogP contribution in [0.2, 0.25) is 0 Å². The van der Waals surface area contributed by atoms with E-state index in [2.05, 4.69) is 0 Å². The summed E-state index contributed by atoms with van der Waals surface area (Å²) in [5.74, 6) is -1.17. The minimum absolute atomic E-state index is 0.0727. The fourth-order valence-corrected chi connectivity index (χ4v) is 2.27. The van der Waals surface area contributed by atoms with Gasteiger partial charge >= 0.3 is 5.97 Å². The van der Waals surface area contributed by atoms with E-state index in [9.17, 15) is 9.59 Å². The van der Waals surface area contributed by atoms with Crippen molar-refractivity contribution in [1.82, 2.24) is 4.90 Å². The van der Waals surface area contributed by atoms with Gasteiger partial charge in [-0.15, -0.1) is 11.3 Å². The van der Waals surface area contributed by atoms with E-state index >= 15 is 0 Å². The minimum Gasteiger partial charge on any atom is -0.478 e. The fourth-order valence-electron chi connectivity index (χ4n) is 1.39. The molecule has 0 aliphatic heterocycles. The van der Waals surface area contributed by atoms with Crippen LogP contribution in [-0.4, -0.2) is 46.7 Å². The number of carboxylic acids is 1. The lowest BCUT2D eigenvalue weighted by Gasteiger charge is -2.18. The number of carbonyl (C=O) groups is 2. The van der Waals surface area contributed by atoms with E-state index in [0.717, 1.165) is 6.08 Å². The molecule has 0 fully saturated rings. The number of carbonyl (C=O) groups excluding carboxylic acids is 1. The van der Waals surface area contributed by atoms with Gasteiger partial charge in [-0.1, -0.05) is 0 Å². The highest BCUT2D eigenvalue weighted by atomic mass is 32.1. The fraction of sp³-hybridized carbons (Fsp3) is 0.333. The van der Waals surface area contributed by atoms with Gasteiger partial charge in [0.1, 0.15) is 0 Å². The SMILES string of the molecule is CCN(CCO)C(=O)c1ccc(C=CC(=O)O)s1. The van der Waals surface area contributed by atoms with Gasteiger partial charge in [-0.2, -0.15) is 0 Å². The Morgan fingerprint density at radius 1 is 1.44 bits per heavy atom. The second kappa shape index (κ2) is 6.93. The van der Waals surface area contributed by atoms with Crippen LogP contribution in [0.3, 0.4) is 0 Å². The summed E-state index contributed by atoms with van der Waals surface area (Å²) < 4.78 is 0. The number of amides is 1. The predicted molar refractivity (Wildman–Crippen MR) is 69.7 cm³/mol. The van der Waals surface area contributed by atoms with E-state index in [0.29, 0.717) is 22.8 Å². The largest absolute Gasteiger partial charge is 0.478 e. The van der Waals surface area contributed by atoms with E-state index in [4.69, 9.17) is 10.2 Å². The molecule has 98 valence electrons. The summed E-state index contributed by atoms with van der Waals surface area (Å²) in [6, 6.07) is 3.36. The van der Waals surface area contributed by atoms with E-state index in [1.54, 1.807) is 12.1 Å². The molecule has 0 aliphatic rings. The zero-order valence-electron chi connectivity index (χ0n) is 10.00. The number of nitrogens with zero attached hydrogens (tertiary/aromatic N) is 1. The van der Waals surface area contributed by atoms with Crippen LogP contribution in [-0.2, 0) is 4.79 Å². The maximum absolute atomic E-state index is 12.0. The topological polar surface area (TPSA) is 77.8 Å². The van der Waals surface area contributed by atoms with Crippen molar-refractivity contribution >= 4 is 29.3 Å². The average Bonchev–Trinajstić information content (AvgIpc) is 2.81. The lowest BCUT2D eigenvalue weighted by atomic mass is 10.3. The van der Waals surface area contributed by atoms with E-state index in [1.807, 2.05) is 6.92 Å². The van der Waals surface area contributed by atoms with Crippen molar-refractivity contribution in [3.8, 4) is 0 Å². The molecule has 0 radical (unpaired) electrons. The van der Waals surface area contributed by atoms with Gasteiger partial charge in [0.25, 0.3) is 5.91 Å². The molecule has 0 aromatic carbocycles. The summed E-state index contributed by atoms with van der Waals surface area (Å²) in [6.07, 6.45) is 2.48. The Kier molecular flexibility index (Phi) is 5.54. The number of aliphatic hydroxyl groups excluding tert-OH is 1. The van der Waals surface area contributed by atoms with Gasteiger partial charge in [0.2, 0.25) is 0 Å². The highest BCUT2D eigenvalue weighted by Gasteiger charge is 2.15. The number of thiophene rings is 1. The van der Waals surface area contributed by atoms with E-state index < -0.39 is 5.97 Å². The van der Waals surface area contributed by atoms with E-state index in [1.165, 1.54) is 22.3 Å². The van der Waals surface area contributed by atoms with Crippen LogP contribution in [0, 0.1) is 0 Å². The maximum Gasteiger partial charge on any atom is 0.328 e. The Morgan fingerprint density at radius 2 is 2.17 bits per heavy atom. The number of aliphatic carboxylic acids is 1. The first-order chi connectivity index (χ1) is 8.58. The number of aliphatic hydroxyl groups is 1. The van der Waals surface area contributed by atoms with Gasteiger partial charge in [-0.05, 0) is 25.1 Å². The molecule has 18 heavy (non-hydrogen) atoms. The molecule has 1 amide bonds. The lowest BCUT2D eigenvalue weighted by molar-refractivity contribution is -0.131. The van der Waals surface area contributed by atoms with Gasteiger partial charge in [0.15, 0.2) is 0 Å². The Hall–Kier alpha value is -1.66. The van der Waals surface area contributed by atoms with Gasteiger partial charge in [-0.3, -0.25) is 4.79 Å². The molecule has 0 unspecified atom stereocenters. The molecule has 5 nitrogen and oxygen atoms in total. The molecule has 0 atom stereocenters. The first-order valence-electron chi connectivity index (χ1n) is 5.49. The molecule has 1 aromatic rings. The number of carboxylic acid groups (broad SMARTS) is 1. The Labute approximate surface area is 109 Å². The lowest BCUT2D eigenvalue weighted by Crippen LogP contribution is -2.32. The summed E-state index contributed by atoms with van der Waals surface area (Å²) in [7, 11) is 0. The molecule has 1 rings (SSSR count). The van der Waals surface area contributed by atoms with Crippen LogP contribution in [0.25, 0.3) is 6.08 Å². The van der Waals surface area contributed by atoms with Crippen LogP contribution in [0.5, 0.6) is 0 Å². The Balaban J connectivity index is 2.78. The highest BCUT2D eigenvalue weighted by molar-refractivity contribution is 7.14. The predicted octanol–water partition coefficient (Wildman–Crippen LogP) is 1.30. The van der Waals surface area contributed by atoms with Gasteiger partial charge in [-0.25, -0.2) is 4.79 Å². The monoisotopic (exact) mass is 269 g/mol. The summed E-state index contributed by atoms with van der Waals surface area (Å²) >= 11 is 1.23. The van der Waals surface area contributed by atoms with Crippen molar-refractivity contribution in [3.63, 3.8) is 0 Å². The Bertz CT molecular complexity index is 453. The molecule has 0 saturated carbocycles. The number of hydrogen-bond acceptors (Lipinski definition) is 4. The van der Waals surface area contributed by atoms with Crippen LogP contribution < -0.4 is 0 Å². The van der Waals surface area contributed by atoms with Crippen molar-refractivity contribution in [2.45, 2.75) is 6.92 Å². The standard InChI is InChI=1S/C12H15NO4S/c1-2-13(7-8-14)12(17)10-5-3-9(18-10)4-6-11(15)16/h3-6,14H,2,7-8H2,1H3,(H,15,16). The third-order valence-corrected chi connectivity index (χ3v) is 3.31. The molecule has 1 heterocycles. The highest BCUT2D eigenvalue weighted by Crippen LogP contribution is 2.19. The minimum atomic E-state index is -1.02. The van der Waals surface area contributed by atoms with Crippen molar-refractivity contribution < 1.29 is 19.8 Å².